The highest BCUT2D eigenvalue weighted by Gasteiger charge is 2.20. The van der Waals surface area contributed by atoms with Gasteiger partial charge in [-0.1, -0.05) is 0 Å². The normalized spacial score (nSPS) is 11.8. The molecule has 0 aliphatic heterocycles. The molecule has 2 heterocycles. The first-order valence-electron chi connectivity index (χ1n) is 11.3. The molecule has 4 rings (SSSR count). The lowest BCUT2D eigenvalue weighted by molar-refractivity contribution is -0.0633. The number of fused-ring (bicyclic) bond motifs is 2. The van der Waals surface area contributed by atoms with E-state index in [1.807, 2.05) is 62.9 Å². The van der Waals surface area contributed by atoms with E-state index in [4.69, 9.17) is 9.47 Å². The highest BCUT2D eigenvalue weighted by atomic mass is 16.5. The van der Waals surface area contributed by atoms with Crippen LogP contribution in [0.1, 0.15) is 11.1 Å². The van der Waals surface area contributed by atoms with Crippen LogP contribution in [0, 0.1) is 0 Å². The van der Waals surface area contributed by atoms with Gasteiger partial charge >= 0.3 is 6.03 Å². The summed E-state index contributed by atoms with van der Waals surface area (Å²) in [6.07, 6.45) is 5.21. The van der Waals surface area contributed by atoms with Crippen molar-refractivity contribution in [2.24, 2.45) is 0 Å². The number of hydroxylamine groups is 2. The molecule has 8 nitrogen and oxygen atoms in total. The summed E-state index contributed by atoms with van der Waals surface area (Å²) in [7, 11) is 8.96. The van der Waals surface area contributed by atoms with E-state index in [1.54, 1.807) is 30.4 Å². The number of likely N-dealkylation sites (N-methyl/N-ethyl adjacent to an activating group) is 2. The van der Waals surface area contributed by atoms with Gasteiger partial charge in [-0.3, -0.25) is 9.13 Å². The summed E-state index contributed by atoms with van der Waals surface area (Å²) >= 11 is 0. The van der Waals surface area contributed by atoms with Crippen LogP contribution in [-0.4, -0.2) is 78.8 Å². The van der Waals surface area contributed by atoms with E-state index in [0.29, 0.717) is 13.0 Å². The Morgan fingerprint density at radius 2 is 1.29 bits per heavy atom. The molecule has 8 heteroatoms. The van der Waals surface area contributed by atoms with E-state index in [1.165, 1.54) is 0 Å². The number of benzene rings is 2. The average Bonchev–Trinajstić information content (AvgIpc) is 3.38. The number of methoxy groups -OCH3 is 2. The van der Waals surface area contributed by atoms with E-state index in [-0.39, 0.29) is 6.03 Å². The molecule has 0 aliphatic carbocycles. The number of hydrogen-bond donors (Lipinski definition) is 1. The van der Waals surface area contributed by atoms with E-state index in [0.717, 1.165) is 62.5 Å². The van der Waals surface area contributed by atoms with Crippen molar-refractivity contribution in [1.29, 1.82) is 0 Å². The fourth-order valence-corrected chi connectivity index (χ4v) is 4.27. The third-order valence-corrected chi connectivity index (χ3v) is 6.13. The van der Waals surface area contributed by atoms with Crippen LogP contribution in [0.3, 0.4) is 0 Å². The molecule has 2 aromatic carbocycles. The van der Waals surface area contributed by atoms with Gasteiger partial charge in [0.15, 0.2) is 0 Å². The molecule has 0 aliphatic rings. The summed E-state index contributed by atoms with van der Waals surface area (Å²) in [5, 5.41) is 12.7. The van der Waals surface area contributed by atoms with E-state index in [2.05, 4.69) is 4.90 Å². The molecule has 0 fully saturated rings. The number of carbonyl (C=O) groups excluding carboxylic acids is 1. The van der Waals surface area contributed by atoms with Gasteiger partial charge in [0.2, 0.25) is 0 Å². The Balaban J connectivity index is 1.83. The van der Waals surface area contributed by atoms with Gasteiger partial charge in [-0.25, -0.2) is 4.79 Å². The van der Waals surface area contributed by atoms with E-state index in [9.17, 15) is 10.0 Å². The standard InChI is InChI=1S/C26H32N4O4/c1-27(2)12-10-18-16-29(24-8-6-20(33-4)14-22(18)24)26(31)30-17-19(11-13-28(3)32)23-15-21(34-5)7-9-25(23)30/h6-9,14-17,32H,10-13H2,1-5H3. The highest BCUT2D eigenvalue weighted by Crippen LogP contribution is 2.30. The SMILES string of the molecule is COc1ccc2c(c1)c(CCN(C)C)cn2C(=O)n1cc(CCN(C)O)c2cc(OC)ccc21. The Kier molecular flexibility index (Phi) is 6.92. The number of ether oxygens (including phenoxy) is 2. The van der Waals surface area contributed by atoms with Gasteiger partial charge < -0.3 is 19.6 Å². The molecule has 0 unspecified atom stereocenters. The minimum atomic E-state index is -0.162. The fraction of sp³-hybridized carbons (Fsp3) is 0.346. The zero-order valence-corrected chi connectivity index (χ0v) is 20.4. The summed E-state index contributed by atoms with van der Waals surface area (Å²) in [6, 6.07) is 11.3. The van der Waals surface area contributed by atoms with Crippen LogP contribution in [0.25, 0.3) is 21.8 Å². The topological polar surface area (TPSA) is 72.1 Å². The zero-order chi connectivity index (χ0) is 24.4. The van der Waals surface area contributed by atoms with Gasteiger partial charge in [0.1, 0.15) is 11.5 Å². The van der Waals surface area contributed by atoms with E-state index < -0.39 is 0 Å². The van der Waals surface area contributed by atoms with Crippen molar-refractivity contribution in [3.05, 3.63) is 59.9 Å². The first-order chi connectivity index (χ1) is 16.3. The van der Waals surface area contributed by atoms with Gasteiger partial charge in [-0.2, -0.15) is 5.06 Å². The summed E-state index contributed by atoms with van der Waals surface area (Å²) in [5.41, 5.74) is 3.70. The summed E-state index contributed by atoms with van der Waals surface area (Å²) in [5.74, 6) is 1.48. The lowest BCUT2D eigenvalue weighted by atomic mass is 10.1. The van der Waals surface area contributed by atoms with Crippen LogP contribution in [0.5, 0.6) is 11.5 Å². The van der Waals surface area contributed by atoms with Gasteiger partial charge in [0.05, 0.1) is 25.3 Å². The summed E-state index contributed by atoms with van der Waals surface area (Å²) in [6.45, 7) is 1.32. The first-order valence-corrected chi connectivity index (χ1v) is 11.3. The quantitative estimate of drug-likeness (QED) is 0.396. The number of carbonyl (C=O) groups is 1. The van der Waals surface area contributed by atoms with Crippen LogP contribution in [-0.2, 0) is 12.8 Å². The largest absolute Gasteiger partial charge is 0.497 e. The molecule has 0 amide bonds. The molecule has 0 saturated carbocycles. The molecule has 0 radical (unpaired) electrons. The van der Waals surface area contributed by atoms with Crippen molar-refractivity contribution < 1.29 is 19.5 Å². The predicted octanol–water partition coefficient (Wildman–Crippen LogP) is 4.10. The molecule has 180 valence electrons. The number of nitrogens with zero attached hydrogens (tertiary/aromatic N) is 4. The van der Waals surface area contributed by atoms with E-state index >= 15 is 0 Å². The second-order valence-electron chi connectivity index (χ2n) is 8.78. The van der Waals surface area contributed by atoms with Crippen LogP contribution in [0.15, 0.2) is 48.8 Å². The molecule has 0 spiro atoms. The van der Waals surface area contributed by atoms with Gasteiger partial charge in [0.25, 0.3) is 0 Å². The van der Waals surface area contributed by atoms with Crippen molar-refractivity contribution in [3.8, 4) is 11.5 Å². The van der Waals surface area contributed by atoms with Crippen LogP contribution in [0.2, 0.25) is 0 Å². The Hall–Kier alpha value is -3.33. The molecule has 0 saturated heterocycles. The van der Waals surface area contributed by atoms with Crippen molar-refractivity contribution in [1.82, 2.24) is 19.1 Å². The van der Waals surface area contributed by atoms with Crippen molar-refractivity contribution in [2.45, 2.75) is 12.8 Å². The van der Waals surface area contributed by atoms with Gasteiger partial charge in [0, 0.05) is 43.3 Å². The number of aromatic nitrogens is 2. The fourth-order valence-electron chi connectivity index (χ4n) is 4.27. The maximum absolute atomic E-state index is 13.9. The maximum Gasteiger partial charge on any atom is 0.337 e. The number of hydrogen-bond acceptors (Lipinski definition) is 6. The van der Waals surface area contributed by atoms with Gasteiger partial charge in [-0.15, -0.1) is 0 Å². The molecule has 0 atom stereocenters. The summed E-state index contributed by atoms with van der Waals surface area (Å²) in [4.78, 5) is 16.0. The average molecular weight is 465 g/mol. The molecular weight excluding hydrogens is 432 g/mol. The van der Waals surface area contributed by atoms with Gasteiger partial charge in [-0.05, 0) is 74.5 Å². The molecule has 4 aromatic rings. The van der Waals surface area contributed by atoms with Crippen molar-refractivity contribution >= 4 is 27.8 Å². The Labute approximate surface area is 199 Å². The second-order valence-corrected chi connectivity index (χ2v) is 8.78. The Morgan fingerprint density at radius 1 is 0.824 bits per heavy atom. The lowest BCUT2D eigenvalue weighted by Gasteiger charge is -2.08. The van der Waals surface area contributed by atoms with Crippen LogP contribution >= 0.6 is 0 Å². The molecule has 1 N–H and O–H groups in total. The van der Waals surface area contributed by atoms with Crippen molar-refractivity contribution in [3.63, 3.8) is 0 Å². The first kappa shape index (κ1) is 23.8. The lowest BCUT2D eigenvalue weighted by Crippen LogP contribution is -2.18. The Morgan fingerprint density at radius 3 is 1.71 bits per heavy atom. The third-order valence-electron chi connectivity index (χ3n) is 6.13. The molecule has 0 bridgehead atoms. The zero-order valence-electron chi connectivity index (χ0n) is 20.4. The third kappa shape index (κ3) is 4.65. The second kappa shape index (κ2) is 9.89. The molecule has 2 aromatic heterocycles. The predicted molar refractivity (Wildman–Crippen MR) is 134 cm³/mol. The minimum absolute atomic E-state index is 0.162. The summed E-state index contributed by atoms with van der Waals surface area (Å²) < 4.78 is 14.2. The minimum Gasteiger partial charge on any atom is -0.497 e. The monoisotopic (exact) mass is 464 g/mol. The number of rotatable bonds is 8. The maximum atomic E-state index is 13.9. The van der Waals surface area contributed by atoms with Crippen LogP contribution < -0.4 is 9.47 Å². The molecular formula is C26H32N4O4. The smallest absolute Gasteiger partial charge is 0.337 e. The van der Waals surface area contributed by atoms with Crippen LogP contribution in [0.4, 0.5) is 4.79 Å². The molecule has 34 heavy (non-hydrogen) atoms. The van der Waals surface area contributed by atoms with Crippen molar-refractivity contribution in [2.75, 3.05) is 48.5 Å². The Bertz CT molecular complexity index is 1220. The highest BCUT2D eigenvalue weighted by molar-refractivity contribution is 6.00.